The second kappa shape index (κ2) is 6.43. The van der Waals surface area contributed by atoms with E-state index in [-0.39, 0.29) is 6.55 Å². The van der Waals surface area contributed by atoms with Crippen molar-refractivity contribution in [2.75, 3.05) is 0 Å². The molecule has 0 aromatic rings. The first-order chi connectivity index (χ1) is 9.41. The topological polar surface area (TPSA) is 18.5 Å². The average Bonchev–Trinajstić information content (AvgIpc) is 2.22. The van der Waals surface area contributed by atoms with Crippen molar-refractivity contribution >= 4 is 9.28 Å². The summed E-state index contributed by atoms with van der Waals surface area (Å²) in [4.78, 5) is 0. The van der Waals surface area contributed by atoms with Crippen LogP contribution in [0.1, 0.15) is 0 Å². The molecule has 0 heterocycles. The first kappa shape index (κ1) is 21.3. The zero-order valence-corrected chi connectivity index (χ0v) is 11.2. The van der Waals surface area contributed by atoms with E-state index in [0.29, 0.717) is 0 Å². The fraction of sp³-hybridized carbons (Fsp3) is 1.00. The highest BCUT2D eigenvalue weighted by Gasteiger charge is 2.61. The minimum absolute atomic E-state index is 0.133. The minimum atomic E-state index is -6.13. The van der Waals surface area contributed by atoms with E-state index < -0.39 is 46.2 Å². The second-order valence-electron chi connectivity index (χ2n) is 3.74. The summed E-state index contributed by atoms with van der Waals surface area (Å²) in [6.07, 6.45) is -33.5. The molecule has 0 fully saturated rings. The molecule has 2 unspecified atom stereocenters. The van der Waals surface area contributed by atoms with E-state index in [0.717, 1.165) is 0 Å². The molecule has 2 nitrogen and oxygen atoms in total. The summed E-state index contributed by atoms with van der Waals surface area (Å²) in [5.41, 5.74) is 0. The van der Waals surface area contributed by atoms with Gasteiger partial charge in [0, 0.05) is 0 Å². The normalized spacial score (nSPS) is 19.0. The van der Waals surface area contributed by atoms with Crippen LogP contribution < -0.4 is 0 Å². The Kier molecular flexibility index (Phi) is 6.22. The van der Waals surface area contributed by atoms with E-state index in [2.05, 4.69) is 8.85 Å². The summed E-state index contributed by atoms with van der Waals surface area (Å²) in [6, 6.07) is 0. The Balaban J connectivity index is 4.91. The van der Waals surface area contributed by atoms with Gasteiger partial charge in [0.15, 0.2) is 0 Å². The Morgan fingerprint density at radius 3 is 1.05 bits per heavy atom. The van der Waals surface area contributed by atoms with E-state index >= 15 is 0 Å². The van der Waals surface area contributed by atoms with Gasteiger partial charge in [-0.25, -0.2) is 8.78 Å². The van der Waals surface area contributed by atoms with Crippen LogP contribution in [0.2, 0.25) is 6.55 Å². The van der Waals surface area contributed by atoms with E-state index in [1.54, 1.807) is 0 Å². The van der Waals surface area contributed by atoms with Gasteiger partial charge in [-0.1, -0.05) is 0 Å². The van der Waals surface area contributed by atoms with Crippen molar-refractivity contribution in [3.8, 4) is 0 Å². The Labute approximate surface area is 115 Å². The van der Waals surface area contributed by atoms with Crippen LogP contribution in [0.3, 0.4) is 0 Å². The molecule has 0 amide bonds. The van der Waals surface area contributed by atoms with Gasteiger partial charge in [-0.05, 0) is 6.55 Å². The summed E-state index contributed by atoms with van der Waals surface area (Å²) < 4.78 is 152. The molecular weight excluding hydrogens is 372 g/mol. The first-order valence-corrected chi connectivity index (χ1v) is 7.04. The molecule has 22 heavy (non-hydrogen) atoms. The van der Waals surface area contributed by atoms with Crippen molar-refractivity contribution in [3.05, 3.63) is 0 Å². The molecule has 0 N–H and O–H groups in total. The molecule has 0 aliphatic rings. The summed E-state index contributed by atoms with van der Waals surface area (Å²) in [7, 11) is -4.69. The predicted octanol–water partition coefficient (Wildman–Crippen LogP) is 3.86. The third-order valence-electron chi connectivity index (χ3n) is 1.81. The Bertz CT molecular complexity index is 331. The van der Waals surface area contributed by atoms with E-state index in [1.165, 1.54) is 0 Å². The number of halogens is 12. The van der Waals surface area contributed by atoms with E-state index in [1.807, 2.05) is 0 Å². The molecule has 134 valence electrons. The van der Waals surface area contributed by atoms with Gasteiger partial charge in [0.05, 0.1) is 0 Å². The van der Waals surface area contributed by atoms with Gasteiger partial charge in [-0.2, -0.15) is 43.9 Å². The van der Waals surface area contributed by atoms with Crippen molar-refractivity contribution in [1.29, 1.82) is 0 Å². The molecule has 0 bridgehead atoms. The van der Waals surface area contributed by atoms with Crippen LogP contribution in [0.5, 0.6) is 0 Å². The lowest BCUT2D eigenvalue weighted by Crippen LogP contribution is -2.51. The number of hydrogen-bond acceptors (Lipinski definition) is 2. The maximum Gasteiger partial charge on any atom is 0.428 e. The molecule has 0 aromatic carbocycles. The summed E-state index contributed by atoms with van der Waals surface area (Å²) in [6.45, 7) is 0.133. The van der Waals surface area contributed by atoms with Crippen LogP contribution in [0, 0.1) is 0 Å². The smallest absolute Gasteiger partial charge is 0.336 e. The lowest BCUT2D eigenvalue weighted by Gasteiger charge is -2.29. The molecule has 2 atom stereocenters. The van der Waals surface area contributed by atoms with Gasteiger partial charge in [0.2, 0.25) is 0 Å². The predicted molar refractivity (Wildman–Crippen MR) is 47.0 cm³/mol. The highest BCUT2D eigenvalue weighted by Crippen LogP contribution is 2.39. The van der Waals surface area contributed by atoms with Crippen molar-refractivity contribution in [1.82, 2.24) is 0 Å². The van der Waals surface area contributed by atoms with Crippen LogP contribution in [0.15, 0.2) is 0 Å². The summed E-state index contributed by atoms with van der Waals surface area (Å²) in [5, 5.41) is 0. The molecule has 0 aliphatic carbocycles. The maximum absolute atomic E-state index is 12.7. The van der Waals surface area contributed by atoms with Gasteiger partial charge in [-0.15, -0.1) is 0 Å². The van der Waals surface area contributed by atoms with Crippen LogP contribution in [0.4, 0.5) is 52.7 Å². The van der Waals surface area contributed by atoms with Crippen LogP contribution in [-0.2, 0) is 8.85 Å². The molecule has 0 saturated carbocycles. The number of hydrogen-bond donors (Lipinski definition) is 0. The molecule has 0 radical (unpaired) electrons. The molecule has 0 aromatic heterocycles. The number of alkyl halides is 12. The fourth-order valence-corrected chi connectivity index (χ4v) is 2.14. The molecular formula is C7H6F12O2Si. The lowest BCUT2D eigenvalue weighted by atomic mass is 10.3. The van der Waals surface area contributed by atoms with Crippen molar-refractivity contribution in [2.24, 2.45) is 0 Å². The standard InChI is InChI=1S/C7H6F12O2Si/c1-22(20-6(16,17)2(8)4(10,11)12)21-7(18,19)3(9)5(13,14)15/h2-3,22H,1H3. The van der Waals surface area contributed by atoms with E-state index in [4.69, 9.17) is 0 Å². The largest absolute Gasteiger partial charge is 0.428 e. The van der Waals surface area contributed by atoms with Gasteiger partial charge in [-0.3, -0.25) is 0 Å². The minimum Gasteiger partial charge on any atom is -0.336 e. The number of rotatable bonds is 6. The summed E-state index contributed by atoms with van der Waals surface area (Å²) in [5.74, 6) is 0. The maximum atomic E-state index is 12.7. The van der Waals surface area contributed by atoms with E-state index in [9.17, 15) is 52.7 Å². The van der Waals surface area contributed by atoms with Gasteiger partial charge in [0.25, 0.3) is 12.3 Å². The molecule has 0 spiro atoms. The van der Waals surface area contributed by atoms with Gasteiger partial charge >= 0.3 is 33.9 Å². The van der Waals surface area contributed by atoms with Crippen molar-refractivity contribution < 1.29 is 61.5 Å². The lowest BCUT2D eigenvalue weighted by molar-refractivity contribution is -0.329. The SMILES string of the molecule is C[SiH](OC(F)(F)C(F)C(F)(F)F)OC(F)(F)C(F)C(F)(F)F. The van der Waals surface area contributed by atoms with Crippen molar-refractivity contribution in [2.45, 2.75) is 43.5 Å². The van der Waals surface area contributed by atoms with Gasteiger partial charge in [0.1, 0.15) is 0 Å². The molecule has 0 saturated heterocycles. The quantitative estimate of drug-likeness (QED) is 0.516. The van der Waals surface area contributed by atoms with Crippen molar-refractivity contribution in [3.63, 3.8) is 0 Å². The van der Waals surface area contributed by atoms with Crippen LogP contribution in [-0.4, -0.2) is 46.2 Å². The highest BCUT2D eigenvalue weighted by molar-refractivity contribution is 6.42. The Morgan fingerprint density at radius 2 is 0.864 bits per heavy atom. The monoisotopic (exact) mass is 378 g/mol. The van der Waals surface area contributed by atoms with Gasteiger partial charge < -0.3 is 8.85 Å². The Morgan fingerprint density at radius 1 is 0.636 bits per heavy atom. The highest BCUT2D eigenvalue weighted by atomic mass is 28.3. The molecule has 0 aliphatic heterocycles. The zero-order valence-electron chi connectivity index (χ0n) is 10.1. The van der Waals surface area contributed by atoms with Crippen LogP contribution >= 0.6 is 0 Å². The fourth-order valence-electron chi connectivity index (χ4n) is 0.967. The summed E-state index contributed by atoms with van der Waals surface area (Å²) >= 11 is 0. The second-order valence-corrected chi connectivity index (χ2v) is 5.34. The zero-order chi connectivity index (χ0) is 18.1. The first-order valence-electron chi connectivity index (χ1n) is 4.94. The van der Waals surface area contributed by atoms with Crippen LogP contribution in [0.25, 0.3) is 0 Å². The Hall–Kier alpha value is -0.703. The average molecular weight is 378 g/mol. The molecule has 0 rings (SSSR count). The third-order valence-corrected chi connectivity index (χ3v) is 3.10. The third kappa shape index (κ3) is 5.83. The molecule has 15 heteroatoms.